The van der Waals surface area contributed by atoms with Crippen molar-refractivity contribution in [3.05, 3.63) is 56.5 Å². The normalized spacial score (nSPS) is 12.5. The summed E-state index contributed by atoms with van der Waals surface area (Å²) in [6.45, 7) is 4.17. The highest BCUT2D eigenvalue weighted by Gasteiger charge is 2.16. The second kappa shape index (κ2) is 6.80. The van der Waals surface area contributed by atoms with Crippen molar-refractivity contribution < 1.29 is 9.84 Å². The standard InChI is InChI=1S/C18H22N4O4/c1-11-5-12(2)7-14(6-11)26-9-13(23)8-22-10-19-16-15(22)17(24)21(4)18(25)20(16)3/h5-7,10,13,23H,8-9H2,1-4H3/t13-/m0/s1. The van der Waals surface area contributed by atoms with Gasteiger partial charge in [-0.15, -0.1) is 0 Å². The molecule has 0 spiro atoms. The van der Waals surface area contributed by atoms with Crippen LogP contribution in [0.1, 0.15) is 11.1 Å². The first-order valence-corrected chi connectivity index (χ1v) is 8.28. The zero-order valence-corrected chi connectivity index (χ0v) is 15.3. The van der Waals surface area contributed by atoms with Crippen LogP contribution in [0.5, 0.6) is 5.75 Å². The molecule has 2 heterocycles. The first-order valence-electron chi connectivity index (χ1n) is 8.28. The molecule has 2 aromatic heterocycles. The quantitative estimate of drug-likeness (QED) is 0.717. The Morgan fingerprint density at radius 2 is 1.77 bits per heavy atom. The third-order valence-corrected chi connectivity index (χ3v) is 4.26. The van der Waals surface area contributed by atoms with Crippen molar-refractivity contribution in [2.45, 2.75) is 26.5 Å². The smallest absolute Gasteiger partial charge is 0.332 e. The SMILES string of the molecule is Cc1cc(C)cc(OC[C@@H](O)Cn2cnc3c2c(=O)n(C)c(=O)n3C)c1. The van der Waals surface area contributed by atoms with E-state index in [2.05, 4.69) is 4.98 Å². The lowest BCUT2D eigenvalue weighted by Gasteiger charge is -2.14. The Morgan fingerprint density at radius 3 is 2.42 bits per heavy atom. The van der Waals surface area contributed by atoms with E-state index >= 15 is 0 Å². The molecule has 0 amide bonds. The van der Waals surface area contributed by atoms with Crippen LogP contribution in [0.3, 0.4) is 0 Å². The third-order valence-electron chi connectivity index (χ3n) is 4.26. The summed E-state index contributed by atoms with van der Waals surface area (Å²) in [7, 11) is 2.97. The number of rotatable bonds is 5. The number of aromatic nitrogens is 4. The average molecular weight is 358 g/mol. The Morgan fingerprint density at radius 1 is 1.12 bits per heavy atom. The van der Waals surface area contributed by atoms with E-state index < -0.39 is 17.4 Å². The molecule has 0 aliphatic rings. The molecule has 8 nitrogen and oxygen atoms in total. The predicted molar refractivity (Wildman–Crippen MR) is 97.6 cm³/mol. The molecule has 26 heavy (non-hydrogen) atoms. The first kappa shape index (κ1) is 17.9. The Kier molecular flexibility index (Phi) is 4.69. The highest BCUT2D eigenvalue weighted by molar-refractivity contribution is 5.69. The molecule has 3 aromatic rings. The van der Waals surface area contributed by atoms with Gasteiger partial charge in [0, 0.05) is 14.1 Å². The molecule has 1 aromatic carbocycles. The van der Waals surface area contributed by atoms with Crippen molar-refractivity contribution in [3.8, 4) is 5.75 Å². The molecule has 0 saturated heterocycles. The van der Waals surface area contributed by atoms with E-state index in [9.17, 15) is 14.7 Å². The van der Waals surface area contributed by atoms with E-state index in [-0.39, 0.29) is 18.7 Å². The zero-order valence-electron chi connectivity index (χ0n) is 15.3. The molecule has 0 radical (unpaired) electrons. The number of imidazole rings is 1. The maximum atomic E-state index is 12.4. The average Bonchev–Trinajstić information content (AvgIpc) is 2.99. The summed E-state index contributed by atoms with van der Waals surface area (Å²) in [5.74, 6) is 0.690. The number of fused-ring (bicyclic) bond motifs is 1. The van der Waals surface area contributed by atoms with Crippen molar-refractivity contribution in [2.75, 3.05) is 6.61 Å². The fourth-order valence-electron chi connectivity index (χ4n) is 3.02. The van der Waals surface area contributed by atoms with Gasteiger partial charge >= 0.3 is 5.69 Å². The van der Waals surface area contributed by atoms with Gasteiger partial charge in [0.25, 0.3) is 5.56 Å². The van der Waals surface area contributed by atoms with Gasteiger partial charge in [-0.05, 0) is 37.1 Å². The van der Waals surface area contributed by atoms with Crippen LogP contribution in [0.2, 0.25) is 0 Å². The van der Waals surface area contributed by atoms with Gasteiger partial charge in [0.1, 0.15) is 18.5 Å². The number of nitrogens with zero attached hydrogens (tertiary/aromatic N) is 4. The van der Waals surface area contributed by atoms with Crippen LogP contribution in [0, 0.1) is 13.8 Å². The summed E-state index contributed by atoms with van der Waals surface area (Å²) in [4.78, 5) is 28.5. The molecule has 0 aliphatic heterocycles. The monoisotopic (exact) mass is 358 g/mol. The summed E-state index contributed by atoms with van der Waals surface area (Å²) in [5, 5.41) is 10.3. The van der Waals surface area contributed by atoms with Gasteiger partial charge in [0.15, 0.2) is 11.2 Å². The van der Waals surface area contributed by atoms with Crippen LogP contribution in [0.4, 0.5) is 0 Å². The van der Waals surface area contributed by atoms with Gasteiger partial charge in [0.05, 0.1) is 12.9 Å². The van der Waals surface area contributed by atoms with Crippen LogP contribution in [0.15, 0.2) is 34.1 Å². The first-order chi connectivity index (χ1) is 12.3. The lowest BCUT2D eigenvalue weighted by molar-refractivity contribution is 0.0933. The number of aryl methyl sites for hydroxylation is 3. The molecule has 0 fully saturated rings. The fraction of sp³-hybridized carbons (Fsp3) is 0.389. The Bertz CT molecular complexity index is 1060. The molecule has 1 atom stereocenters. The van der Waals surface area contributed by atoms with Crippen molar-refractivity contribution in [2.24, 2.45) is 14.1 Å². The maximum absolute atomic E-state index is 12.4. The van der Waals surface area contributed by atoms with Crippen LogP contribution >= 0.6 is 0 Å². The van der Waals surface area contributed by atoms with Gasteiger partial charge in [0.2, 0.25) is 0 Å². The minimum absolute atomic E-state index is 0.0780. The number of benzene rings is 1. The van der Waals surface area contributed by atoms with E-state index in [1.54, 1.807) is 11.6 Å². The van der Waals surface area contributed by atoms with E-state index in [0.717, 1.165) is 15.7 Å². The number of aliphatic hydroxyl groups is 1. The van der Waals surface area contributed by atoms with Crippen molar-refractivity contribution in [1.29, 1.82) is 0 Å². The molecule has 0 saturated carbocycles. The van der Waals surface area contributed by atoms with Crippen LogP contribution in [-0.2, 0) is 20.6 Å². The summed E-state index contributed by atoms with van der Waals surface area (Å²) >= 11 is 0. The van der Waals surface area contributed by atoms with Gasteiger partial charge in [-0.2, -0.15) is 0 Å². The molecular formula is C18H22N4O4. The minimum Gasteiger partial charge on any atom is -0.491 e. The van der Waals surface area contributed by atoms with Crippen LogP contribution < -0.4 is 16.0 Å². The lowest BCUT2D eigenvalue weighted by Crippen LogP contribution is -2.38. The van der Waals surface area contributed by atoms with Crippen molar-refractivity contribution in [3.63, 3.8) is 0 Å². The Balaban J connectivity index is 1.81. The zero-order chi connectivity index (χ0) is 19.0. The van der Waals surface area contributed by atoms with Crippen molar-refractivity contribution >= 4 is 11.2 Å². The van der Waals surface area contributed by atoms with Gasteiger partial charge in [-0.25, -0.2) is 9.78 Å². The molecule has 0 unspecified atom stereocenters. The maximum Gasteiger partial charge on any atom is 0.332 e. The minimum atomic E-state index is -0.838. The second-order valence-electron chi connectivity index (χ2n) is 6.56. The fourth-order valence-corrected chi connectivity index (χ4v) is 3.02. The van der Waals surface area contributed by atoms with Gasteiger partial charge in [-0.3, -0.25) is 13.9 Å². The Hall–Kier alpha value is -2.87. The number of aliphatic hydroxyl groups excluding tert-OH is 1. The highest BCUT2D eigenvalue weighted by Crippen LogP contribution is 2.16. The number of hydrogen-bond acceptors (Lipinski definition) is 5. The molecule has 3 rings (SSSR count). The summed E-state index contributed by atoms with van der Waals surface area (Å²) in [5.41, 5.74) is 1.86. The van der Waals surface area contributed by atoms with Crippen LogP contribution in [-0.4, -0.2) is 36.5 Å². The molecule has 8 heteroatoms. The largest absolute Gasteiger partial charge is 0.491 e. The number of ether oxygens (including phenoxy) is 1. The second-order valence-corrected chi connectivity index (χ2v) is 6.56. The molecular weight excluding hydrogens is 336 g/mol. The molecule has 0 bridgehead atoms. The van der Waals surface area contributed by atoms with Crippen molar-refractivity contribution in [1.82, 2.24) is 18.7 Å². The lowest BCUT2D eigenvalue weighted by atomic mass is 10.1. The number of hydrogen-bond donors (Lipinski definition) is 1. The predicted octanol–water partition coefficient (Wildman–Crippen LogP) is 0.490. The highest BCUT2D eigenvalue weighted by atomic mass is 16.5. The van der Waals surface area contributed by atoms with E-state index in [0.29, 0.717) is 11.4 Å². The topological polar surface area (TPSA) is 91.3 Å². The molecule has 138 valence electrons. The third kappa shape index (κ3) is 3.28. The Labute approximate surface area is 149 Å². The van der Waals surface area contributed by atoms with Gasteiger partial charge in [-0.1, -0.05) is 6.07 Å². The molecule has 0 aliphatic carbocycles. The summed E-state index contributed by atoms with van der Waals surface area (Å²) in [6, 6.07) is 5.84. The summed E-state index contributed by atoms with van der Waals surface area (Å²) in [6.07, 6.45) is 0.612. The molecule has 1 N–H and O–H groups in total. The van der Waals surface area contributed by atoms with E-state index in [1.807, 2.05) is 32.0 Å². The van der Waals surface area contributed by atoms with Crippen LogP contribution in [0.25, 0.3) is 11.2 Å². The van der Waals surface area contributed by atoms with E-state index in [4.69, 9.17) is 4.74 Å². The van der Waals surface area contributed by atoms with Gasteiger partial charge < -0.3 is 14.4 Å². The van der Waals surface area contributed by atoms with E-state index in [1.165, 1.54) is 17.9 Å². The summed E-state index contributed by atoms with van der Waals surface area (Å²) < 4.78 is 9.55.